The molecule has 7 nitrogen and oxygen atoms in total. The van der Waals surface area contributed by atoms with Crippen LogP contribution in [0.3, 0.4) is 0 Å². The Kier molecular flexibility index (Phi) is 5.54. The van der Waals surface area contributed by atoms with Crippen LogP contribution >= 0.6 is 0 Å². The fourth-order valence-corrected chi connectivity index (χ4v) is 3.61. The van der Waals surface area contributed by atoms with Gasteiger partial charge in [0.25, 0.3) is 0 Å². The highest BCUT2D eigenvalue weighted by molar-refractivity contribution is 5.78. The van der Waals surface area contributed by atoms with Crippen molar-refractivity contribution in [2.75, 3.05) is 13.2 Å². The van der Waals surface area contributed by atoms with Crippen molar-refractivity contribution in [3.63, 3.8) is 0 Å². The van der Waals surface area contributed by atoms with Crippen LogP contribution in [0.25, 0.3) is 11.0 Å². The highest BCUT2D eigenvalue weighted by Gasteiger charge is 2.36. The zero-order valence-corrected chi connectivity index (χ0v) is 17.3. The van der Waals surface area contributed by atoms with E-state index in [2.05, 4.69) is 6.07 Å². The standard InChI is InChI=1S/C24H22N2O5/c1-3-11-29-18-10-9-14(12-19(18)28-4-2)20-16(13-25)24(26)31-23-21(27)15-7-5-6-8-17(15)30-22(20)23/h5-10,12,20H,3-4,11,26H2,1-2H3. The van der Waals surface area contributed by atoms with E-state index < -0.39 is 5.92 Å². The molecule has 3 aromatic rings. The SMILES string of the molecule is CCCOc1ccc(C2C(C#N)=C(N)Oc3c2oc2ccccc2c3=O)cc1OCC. The van der Waals surface area contributed by atoms with Crippen LogP contribution in [0.15, 0.2) is 63.1 Å². The molecule has 1 unspecified atom stereocenters. The molecule has 4 rings (SSSR count). The minimum atomic E-state index is -0.717. The van der Waals surface area contributed by atoms with Gasteiger partial charge >= 0.3 is 0 Å². The van der Waals surface area contributed by atoms with Gasteiger partial charge in [0.05, 0.1) is 24.5 Å². The molecule has 1 aliphatic heterocycles. The highest BCUT2D eigenvalue weighted by atomic mass is 16.5. The predicted octanol–water partition coefficient (Wildman–Crippen LogP) is 4.20. The first-order valence-electron chi connectivity index (χ1n) is 10.1. The van der Waals surface area contributed by atoms with Gasteiger partial charge in [0.15, 0.2) is 17.3 Å². The Morgan fingerprint density at radius 1 is 1.13 bits per heavy atom. The molecule has 7 heteroatoms. The van der Waals surface area contributed by atoms with Crippen molar-refractivity contribution < 1.29 is 18.6 Å². The maximum Gasteiger partial charge on any atom is 0.235 e. The third kappa shape index (κ3) is 3.57. The first kappa shape index (κ1) is 20.4. The summed E-state index contributed by atoms with van der Waals surface area (Å²) in [6.45, 7) is 4.90. The van der Waals surface area contributed by atoms with Crippen LogP contribution in [0.4, 0.5) is 0 Å². The molecule has 2 N–H and O–H groups in total. The normalized spacial score (nSPS) is 15.2. The Labute approximate surface area is 179 Å². The van der Waals surface area contributed by atoms with E-state index in [-0.39, 0.29) is 28.4 Å². The molecule has 0 saturated carbocycles. The number of nitrogens with zero attached hydrogens (tertiary/aromatic N) is 1. The zero-order valence-electron chi connectivity index (χ0n) is 17.3. The Morgan fingerprint density at radius 3 is 2.68 bits per heavy atom. The molecular weight excluding hydrogens is 396 g/mol. The van der Waals surface area contributed by atoms with Crippen molar-refractivity contribution >= 4 is 11.0 Å². The van der Waals surface area contributed by atoms with Crippen molar-refractivity contribution in [1.82, 2.24) is 0 Å². The lowest BCUT2D eigenvalue weighted by molar-refractivity contribution is 0.276. The second-order valence-electron chi connectivity index (χ2n) is 7.03. The summed E-state index contributed by atoms with van der Waals surface area (Å²) in [4.78, 5) is 13.0. The highest BCUT2D eigenvalue weighted by Crippen LogP contribution is 2.43. The van der Waals surface area contributed by atoms with E-state index in [1.54, 1.807) is 36.4 Å². The van der Waals surface area contributed by atoms with E-state index in [1.807, 2.05) is 19.9 Å². The van der Waals surface area contributed by atoms with E-state index in [0.29, 0.717) is 41.2 Å². The average molecular weight is 418 g/mol. The van der Waals surface area contributed by atoms with Gasteiger partial charge in [0, 0.05) is 0 Å². The third-order valence-corrected chi connectivity index (χ3v) is 4.99. The Bertz CT molecular complexity index is 1270. The van der Waals surface area contributed by atoms with Crippen molar-refractivity contribution in [2.24, 2.45) is 5.73 Å². The number of benzene rings is 2. The third-order valence-electron chi connectivity index (χ3n) is 4.99. The number of para-hydroxylation sites is 1. The molecular formula is C24H22N2O5. The molecule has 0 spiro atoms. The van der Waals surface area contributed by atoms with E-state index >= 15 is 0 Å². The van der Waals surface area contributed by atoms with Gasteiger partial charge in [-0.2, -0.15) is 5.26 Å². The fourth-order valence-electron chi connectivity index (χ4n) is 3.61. The second kappa shape index (κ2) is 8.44. The van der Waals surface area contributed by atoms with Gasteiger partial charge in [-0.25, -0.2) is 0 Å². The topological polar surface area (TPSA) is 108 Å². The van der Waals surface area contributed by atoms with Gasteiger partial charge in [-0.05, 0) is 43.2 Å². The molecule has 31 heavy (non-hydrogen) atoms. The van der Waals surface area contributed by atoms with Crippen molar-refractivity contribution in [3.05, 3.63) is 75.5 Å². The number of nitrogens with two attached hydrogens (primary N) is 1. The Balaban J connectivity index is 1.93. The van der Waals surface area contributed by atoms with Crippen molar-refractivity contribution in [2.45, 2.75) is 26.2 Å². The number of rotatable bonds is 6. The van der Waals surface area contributed by atoms with Crippen LogP contribution < -0.4 is 25.4 Å². The monoisotopic (exact) mass is 418 g/mol. The summed E-state index contributed by atoms with van der Waals surface area (Å²) in [6.07, 6.45) is 0.858. The Hall–Kier alpha value is -3.92. The van der Waals surface area contributed by atoms with Gasteiger partial charge in [0.2, 0.25) is 17.1 Å². The van der Waals surface area contributed by atoms with Crippen molar-refractivity contribution in [1.29, 1.82) is 5.26 Å². The second-order valence-corrected chi connectivity index (χ2v) is 7.03. The number of hydrogen-bond donors (Lipinski definition) is 1. The molecule has 1 aliphatic rings. The summed E-state index contributed by atoms with van der Waals surface area (Å²) >= 11 is 0. The maximum atomic E-state index is 13.0. The first-order valence-corrected chi connectivity index (χ1v) is 10.1. The van der Waals surface area contributed by atoms with Crippen LogP contribution in [0.1, 0.15) is 37.5 Å². The van der Waals surface area contributed by atoms with E-state index in [9.17, 15) is 10.1 Å². The average Bonchev–Trinajstić information content (AvgIpc) is 2.78. The molecule has 158 valence electrons. The summed E-state index contributed by atoms with van der Waals surface area (Å²) in [5, 5.41) is 10.2. The molecule has 1 atom stereocenters. The number of nitriles is 1. The predicted molar refractivity (Wildman–Crippen MR) is 115 cm³/mol. The minimum absolute atomic E-state index is 0.00975. The number of fused-ring (bicyclic) bond motifs is 2. The van der Waals surface area contributed by atoms with Crippen molar-refractivity contribution in [3.8, 4) is 23.3 Å². The molecule has 0 radical (unpaired) electrons. The van der Waals surface area contributed by atoms with E-state index in [1.165, 1.54) is 0 Å². The Morgan fingerprint density at radius 2 is 1.94 bits per heavy atom. The first-order chi connectivity index (χ1) is 15.1. The lowest BCUT2D eigenvalue weighted by Crippen LogP contribution is -2.25. The van der Waals surface area contributed by atoms with Crippen LogP contribution in [0, 0.1) is 11.3 Å². The molecule has 1 aromatic heterocycles. The summed E-state index contributed by atoms with van der Waals surface area (Å²) < 4.78 is 23.2. The zero-order chi connectivity index (χ0) is 22.0. The van der Waals surface area contributed by atoms with Crippen LogP contribution in [-0.4, -0.2) is 13.2 Å². The van der Waals surface area contributed by atoms with E-state index in [4.69, 9.17) is 24.4 Å². The van der Waals surface area contributed by atoms with E-state index in [0.717, 1.165) is 6.42 Å². The summed E-state index contributed by atoms with van der Waals surface area (Å²) in [5.74, 6) is 0.538. The summed E-state index contributed by atoms with van der Waals surface area (Å²) in [5.41, 5.74) is 6.94. The number of hydrogen-bond acceptors (Lipinski definition) is 7. The maximum absolute atomic E-state index is 13.0. The van der Waals surface area contributed by atoms with Crippen LogP contribution in [-0.2, 0) is 0 Å². The molecule has 0 aliphatic carbocycles. The summed E-state index contributed by atoms with van der Waals surface area (Å²) in [6, 6.07) is 14.4. The molecule has 2 heterocycles. The summed E-state index contributed by atoms with van der Waals surface area (Å²) in [7, 11) is 0. The number of allylic oxidation sites excluding steroid dienone is 1. The molecule has 0 saturated heterocycles. The van der Waals surface area contributed by atoms with Gasteiger partial charge in [-0.1, -0.05) is 25.1 Å². The minimum Gasteiger partial charge on any atom is -0.490 e. The smallest absolute Gasteiger partial charge is 0.235 e. The lowest BCUT2D eigenvalue weighted by Gasteiger charge is -2.25. The van der Waals surface area contributed by atoms with Gasteiger partial charge in [-0.3, -0.25) is 4.79 Å². The fraction of sp³-hybridized carbons (Fsp3) is 0.250. The molecule has 2 aromatic carbocycles. The van der Waals surface area contributed by atoms with Gasteiger partial charge < -0.3 is 24.4 Å². The van der Waals surface area contributed by atoms with Crippen LogP contribution in [0.5, 0.6) is 17.2 Å². The largest absolute Gasteiger partial charge is 0.490 e. The number of ether oxygens (including phenoxy) is 3. The van der Waals surface area contributed by atoms with Gasteiger partial charge in [0.1, 0.15) is 17.2 Å². The quantitative estimate of drug-likeness (QED) is 0.639. The molecule has 0 fully saturated rings. The molecule has 0 bridgehead atoms. The van der Waals surface area contributed by atoms with Gasteiger partial charge in [-0.15, -0.1) is 0 Å². The molecule has 0 amide bonds. The van der Waals surface area contributed by atoms with Crippen LogP contribution in [0.2, 0.25) is 0 Å². The lowest BCUT2D eigenvalue weighted by atomic mass is 9.87.